The molecule has 3 rings (SSSR count). The highest BCUT2D eigenvalue weighted by atomic mass is 16.6. The van der Waals surface area contributed by atoms with Crippen LogP contribution < -0.4 is 0 Å². The molecule has 0 heterocycles. The number of fused-ring (bicyclic) bond motifs is 1. The number of carbonyl (C=O) groups excluding carboxylic acids is 1. The van der Waals surface area contributed by atoms with E-state index in [1.807, 2.05) is 38.1 Å². The zero-order valence-electron chi connectivity index (χ0n) is 15.7. The van der Waals surface area contributed by atoms with E-state index in [-0.39, 0.29) is 5.97 Å². The van der Waals surface area contributed by atoms with Crippen molar-refractivity contribution in [2.24, 2.45) is 5.92 Å². The Morgan fingerprint density at radius 3 is 2.16 bits per heavy atom. The summed E-state index contributed by atoms with van der Waals surface area (Å²) in [6.45, 7) is 8.45. The molecule has 0 aromatic heterocycles. The maximum Gasteiger partial charge on any atom is 0.338 e. The predicted octanol–water partition coefficient (Wildman–Crippen LogP) is 5.55. The van der Waals surface area contributed by atoms with Crippen LogP contribution in [0.1, 0.15) is 67.1 Å². The smallest absolute Gasteiger partial charge is 0.338 e. The average Bonchev–Trinajstić information content (AvgIpc) is 3.06. The van der Waals surface area contributed by atoms with E-state index in [0.29, 0.717) is 17.4 Å². The lowest BCUT2D eigenvalue weighted by Crippen LogP contribution is -2.37. The first-order valence-corrected chi connectivity index (χ1v) is 9.30. The van der Waals surface area contributed by atoms with Gasteiger partial charge in [0, 0.05) is 5.92 Å². The van der Waals surface area contributed by atoms with Crippen LogP contribution in [0.2, 0.25) is 0 Å². The second-order valence-corrected chi connectivity index (χ2v) is 7.80. The third kappa shape index (κ3) is 3.78. The quantitative estimate of drug-likeness (QED) is 0.669. The molecule has 2 aromatic rings. The summed E-state index contributed by atoms with van der Waals surface area (Å²) in [7, 11) is 0. The van der Waals surface area contributed by atoms with Crippen LogP contribution in [0.4, 0.5) is 0 Å². The van der Waals surface area contributed by atoms with Crippen molar-refractivity contribution in [2.45, 2.75) is 58.5 Å². The van der Waals surface area contributed by atoms with E-state index in [1.165, 1.54) is 16.7 Å². The largest absolute Gasteiger partial charge is 0.456 e. The molecule has 0 spiro atoms. The van der Waals surface area contributed by atoms with Crippen molar-refractivity contribution in [2.75, 3.05) is 0 Å². The Bertz CT molecular complexity index is 718. The van der Waals surface area contributed by atoms with Gasteiger partial charge >= 0.3 is 5.97 Å². The van der Waals surface area contributed by atoms with Crippen LogP contribution in [-0.2, 0) is 17.6 Å². The predicted molar refractivity (Wildman–Crippen MR) is 102 cm³/mol. The van der Waals surface area contributed by atoms with Gasteiger partial charge in [0.2, 0.25) is 0 Å². The Hall–Kier alpha value is -2.09. The molecule has 2 heteroatoms. The van der Waals surface area contributed by atoms with E-state index in [1.54, 1.807) is 0 Å². The summed E-state index contributed by atoms with van der Waals surface area (Å²) in [6, 6.07) is 16.4. The third-order valence-electron chi connectivity index (χ3n) is 5.72. The SMILES string of the molecule is CCC(C)c1ccc(C(=O)OC(C)(C)C2Cc3ccccc3C2)cc1. The zero-order valence-corrected chi connectivity index (χ0v) is 15.7. The Balaban J connectivity index is 1.68. The Morgan fingerprint density at radius 2 is 1.64 bits per heavy atom. The molecule has 0 radical (unpaired) electrons. The van der Waals surface area contributed by atoms with Crippen LogP contribution in [0.3, 0.4) is 0 Å². The second kappa shape index (κ2) is 7.03. The lowest BCUT2D eigenvalue weighted by atomic mass is 9.88. The molecule has 0 aliphatic heterocycles. The molecule has 1 unspecified atom stereocenters. The highest BCUT2D eigenvalue weighted by Crippen LogP contribution is 2.36. The van der Waals surface area contributed by atoms with Gasteiger partial charge in [-0.3, -0.25) is 0 Å². The van der Waals surface area contributed by atoms with Gasteiger partial charge in [0.1, 0.15) is 5.60 Å². The monoisotopic (exact) mass is 336 g/mol. The van der Waals surface area contributed by atoms with Crippen LogP contribution >= 0.6 is 0 Å². The lowest BCUT2D eigenvalue weighted by Gasteiger charge is -2.31. The molecule has 0 N–H and O–H groups in total. The fourth-order valence-corrected chi connectivity index (χ4v) is 3.62. The molecular formula is C23H28O2. The van der Waals surface area contributed by atoms with Crippen molar-refractivity contribution >= 4 is 5.97 Å². The Kier molecular flexibility index (Phi) is 4.99. The van der Waals surface area contributed by atoms with Crippen molar-refractivity contribution in [3.8, 4) is 0 Å². The maximum atomic E-state index is 12.6. The zero-order chi connectivity index (χ0) is 18.0. The van der Waals surface area contributed by atoms with E-state index in [2.05, 4.69) is 38.1 Å². The van der Waals surface area contributed by atoms with E-state index < -0.39 is 5.60 Å². The molecule has 2 nitrogen and oxygen atoms in total. The number of rotatable bonds is 5. The highest BCUT2D eigenvalue weighted by Gasteiger charge is 2.37. The van der Waals surface area contributed by atoms with Crippen molar-refractivity contribution in [1.82, 2.24) is 0 Å². The molecule has 0 saturated heterocycles. The summed E-state index contributed by atoms with van der Waals surface area (Å²) < 4.78 is 5.93. The second-order valence-electron chi connectivity index (χ2n) is 7.80. The number of benzene rings is 2. The Morgan fingerprint density at radius 1 is 1.08 bits per heavy atom. The standard InChI is InChI=1S/C23H28O2/c1-5-16(2)17-10-12-18(13-11-17)22(24)25-23(3,4)21-14-19-8-6-7-9-20(19)15-21/h6-13,16,21H,5,14-15H2,1-4H3. The van der Waals surface area contributed by atoms with Gasteiger partial charge in [0.05, 0.1) is 5.56 Å². The molecule has 1 aliphatic carbocycles. The summed E-state index contributed by atoms with van der Waals surface area (Å²) in [4.78, 5) is 12.6. The van der Waals surface area contributed by atoms with Gasteiger partial charge in [-0.25, -0.2) is 4.79 Å². The van der Waals surface area contributed by atoms with Gasteiger partial charge in [-0.15, -0.1) is 0 Å². The molecule has 0 bridgehead atoms. The van der Waals surface area contributed by atoms with Gasteiger partial charge < -0.3 is 4.74 Å². The minimum atomic E-state index is -0.481. The number of hydrogen-bond acceptors (Lipinski definition) is 2. The topological polar surface area (TPSA) is 26.3 Å². The van der Waals surface area contributed by atoms with Crippen LogP contribution in [0.25, 0.3) is 0 Å². The van der Waals surface area contributed by atoms with E-state index in [0.717, 1.165) is 19.3 Å². The van der Waals surface area contributed by atoms with Crippen molar-refractivity contribution in [3.05, 3.63) is 70.8 Å². The minimum Gasteiger partial charge on any atom is -0.456 e. The summed E-state index contributed by atoms with van der Waals surface area (Å²) in [6.07, 6.45) is 3.05. The minimum absolute atomic E-state index is 0.225. The molecule has 0 fully saturated rings. The highest BCUT2D eigenvalue weighted by molar-refractivity contribution is 5.89. The lowest BCUT2D eigenvalue weighted by molar-refractivity contribution is -0.0278. The molecule has 25 heavy (non-hydrogen) atoms. The number of hydrogen-bond donors (Lipinski definition) is 0. The van der Waals surface area contributed by atoms with Crippen molar-refractivity contribution in [3.63, 3.8) is 0 Å². The summed E-state index contributed by atoms with van der Waals surface area (Å²) in [5, 5.41) is 0. The fourth-order valence-electron chi connectivity index (χ4n) is 3.62. The summed E-state index contributed by atoms with van der Waals surface area (Å²) in [5.41, 5.74) is 4.19. The van der Waals surface area contributed by atoms with Crippen LogP contribution in [0.15, 0.2) is 48.5 Å². The molecule has 2 aromatic carbocycles. The number of ether oxygens (including phenoxy) is 1. The van der Waals surface area contributed by atoms with E-state index >= 15 is 0 Å². The first kappa shape index (κ1) is 17.7. The van der Waals surface area contributed by atoms with Crippen LogP contribution in [0, 0.1) is 5.92 Å². The van der Waals surface area contributed by atoms with Gasteiger partial charge in [-0.1, -0.05) is 50.2 Å². The van der Waals surface area contributed by atoms with Gasteiger partial charge in [-0.05, 0) is 67.9 Å². The molecular weight excluding hydrogens is 308 g/mol. The van der Waals surface area contributed by atoms with Gasteiger partial charge in [0.25, 0.3) is 0 Å². The first-order chi connectivity index (χ1) is 11.9. The third-order valence-corrected chi connectivity index (χ3v) is 5.72. The molecule has 0 saturated carbocycles. The van der Waals surface area contributed by atoms with Crippen molar-refractivity contribution < 1.29 is 9.53 Å². The normalized spacial score (nSPS) is 15.7. The molecule has 0 amide bonds. The van der Waals surface area contributed by atoms with E-state index in [9.17, 15) is 4.79 Å². The van der Waals surface area contributed by atoms with Crippen molar-refractivity contribution in [1.29, 1.82) is 0 Å². The Labute approximate surface area is 151 Å². The van der Waals surface area contributed by atoms with Gasteiger partial charge in [-0.2, -0.15) is 0 Å². The van der Waals surface area contributed by atoms with Crippen LogP contribution in [-0.4, -0.2) is 11.6 Å². The maximum absolute atomic E-state index is 12.6. The molecule has 132 valence electrons. The van der Waals surface area contributed by atoms with E-state index in [4.69, 9.17) is 4.74 Å². The summed E-state index contributed by atoms with van der Waals surface area (Å²) in [5.74, 6) is 0.614. The van der Waals surface area contributed by atoms with Crippen LogP contribution in [0.5, 0.6) is 0 Å². The molecule has 1 aliphatic rings. The first-order valence-electron chi connectivity index (χ1n) is 9.30. The summed E-state index contributed by atoms with van der Waals surface area (Å²) >= 11 is 0. The average molecular weight is 336 g/mol. The van der Waals surface area contributed by atoms with Gasteiger partial charge in [0.15, 0.2) is 0 Å². The fraction of sp³-hybridized carbons (Fsp3) is 0.435. The number of esters is 1. The number of carbonyl (C=O) groups is 1. The molecule has 1 atom stereocenters.